The highest BCUT2D eigenvalue weighted by Crippen LogP contribution is 2.36. The Hall–Kier alpha value is -1.30. The molecule has 1 aromatic carbocycles. The largest absolute Gasteiger partial charge is 0.384 e. The number of halogens is 1. The quantitative estimate of drug-likeness (QED) is 0.756. The standard InChI is InChI=1S/C11H8IN3/c13-9-4-3-7-1-2-8-5-6-12-15-11(8)10(7)14-9/h1-6H,(H2,13,14). The van der Waals surface area contributed by atoms with Crippen LogP contribution in [0.25, 0.3) is 17.0 Å². The second-order valence-electron chi connectivity index (χ2n) is 3.29. The van der Waals surface area contributed by atoms with Gasteiger partial charge in [0, 0.05) is 32.0 Å². The van der Waals surface area contributed by atoms with Crippen LogP contribution in [0.4, 0.5) is 11.5 Å². The van der Waals surface area contributed by atoms with Gasteiger partial charge in [0.15, 0.2) is 0 Å². The van der Waals surface area contributed by atoms with Crippen LogP contribution in [0.15, 0.2) is 31.5 Å². The number of pyridine rings is 1. The molecule has 0 saturated heterocycles. The summed E-state index contributed by atoms with van der Waals surface area (Å²) >= 11 is -0.195. The van der Waals surface area contributed by atoms with Gasteiger partial charge in [0.25, 0.3) is 0 Å². The second kappa shape index (κ2) is 3.37. The molecule has 15 heavy (non-hydrogen) atoms. The first kappa shape index (κ1) is 8.96. The number of aromatic nitrogens is 1. The van der Waals surface area contributed by atoms with Crippen LogP contribution in [-0.2, 0) is 0 Å². The van der Waals surface area contributed by atoms with Gasteiger partial charge in [-0.1, -0.05) is 12.1 Å². The Bertz CT molecular complexity index is 602. The minimum absolute atomic E-state index is 0.195. The summed E-state index contributed by atoms with van der Waals surface area (Å²) in [6.45, 7) is 0. The van der Waals surface area contributed by atoms with Crippen molar-refractivity contribution >= 4 is 49.5 Å². The lowest BCUT2D eigenvalue weighted by molar-refractivity contribution is 1.40. The van der Waals surface area contributed by atoms with Crippen molar-refractivity contribution in [3.63, 3.8) is 0 Å². The zero-order chi connectivity index (χ0) is 10.3. The van der Waals surface area contributed by atoms with Crippen LogP contribution in [0.3, 0.4) is 0 Å². The molecule has 3 nitrogen and oxygen atoms in total. The van der Waals surface area contributed by atoms with Gasteiger partial charge < -0.3 is 5.73 Å². The van der Waals surface area contributed by atoms with E-state index in [-0.39, 0.29) is 21.0 Å². The number of nitrogens with zero attached hydrogens (tertiary/aromatic N) is 2. The lowest BCUT2D eigenvalue weighted by Crippen LogP contribution is -1.90. The summed E-state index contributed by atoms with van der Waals surface area (Å²) in [6, 6.07) is 7.95. The third-order valence-corrected chi connectivity index (χ3v) is 3.76. The number of hydrogen-bond donors (Lipinski definition) is 1. The van der Waals surface area contributed by atoms with Crippen LogP contribution >= 0.6 is 21.0 Å². The second-order valence-corrected chi connectivity index (χ2v) is 5.04. The minimum atomic E-state index is -0.195. The first-order valence-electron chi connectivity index (χ1n) is 4.54. The first-order chi connectivity index (χ1) is 7.34. The number of rotatable bonds is 0. The molecule has 3 rings (SSSR count). The van der Waals surface area contributed by atoms with Crippen LogP contribution in [-0.4, -0.2) is 4.98 Å². The van der Waals surface area contributed by atoms with Gasteiger partial charge in [0.1, 0.15) is 11.5 Å². The molecule has 0 fully saturated rings. The Kier molecular flexibility index (Phi) is 2.02. The molecule has 2 N–H and O–H groups in total. The van der Waals surface area contributed by atoms with E-state index in [1.54, 1.807) is 0 Å². The Morgan fingerprint density at radius 3 is 2.93 bits per heavy atom. The SMILES string of the molecule is Nc1ccc2ccc3c(c2n1)N=IC=C3. The molecule has 0 bridgehead atoms. The van der Waals surface area contributed by atoms with Gasteiger partial charge in [-0.05, 0) is 22.3 Å². The van der Waals surface area contributed by atoms with Crippen molar-refractivity contribution in [3.8, 4) is 0 Å². The van der Waals surface area contributed by atoms with Crippen molar-refractivity contribution in [2.75, 3.05) is 5.73 Å². The normalized spacial score (nSPS) is 13.6. The van der Waals surface area contributed by atoms with Crippen molar-refractivity contribution < 1.29 is 0 Å². The van der Waals surface area contributed by atoms with Gasteiger partial charge in [0.2, 0.25) is 0 Å². The fourth-order valence-corrected chi connectivity index (χ4v) is 3.10. The van der Waals surface area contributed by atoms with Gasteiger partial charge in [-0.2, -0.15) is 0 Å². The topological polar surface area (TPSA) is 51.3 Å². The summed E-state index contributed by atoms with van der Waals surface area (Å²) in [5.74, 6) is 0.554. The molecule has 1 aliphatic heterocycles. The van der Waals surface area contributed by atoms with Crippen molar-refractivity contribution in [1.82, 2.24) is 4.98 Å². The maximum atomic E-state index is 5.70. The van der Waals surface area contributed by atoms with Crippen LogP contribution in [0.1, 0.15) is 5.56 Å². The molecule has 0 spiro atoms. The van der Waals surface area contributed by atoms with Crippen LogP contribution in [0.2, 0.25) is 0 Å². The Morgan fingerprint density at radius 2 is 2.00 bits per heavy atom. The molecular formula is C11H8IN3. The molecule has 2 heterocycles. The summed E-state index contributed by atoms with van der Waals surface area (Å²) in [7, 11) is 0. The van der Waals surface area contributed by atoms with Crippen molar-refractivity contribution in [2.45, 2.75) is 0 Å². The zero-order valence-electron chi connectivity index (χ0n) is 7.81. The summed E-state index contributed by atoms with van der Waals surface area (Å²) in [5, 5.41) is 1.10. The molecule has 1 aliphatic rings. The fourth-order valence-electron chi connectivity index (χ4n) is 1.60. The molecule has 0 amide bonds. The highest BCUT2D eigenvalue weighted by molar-refractivity contribution is 14.2. The predicted octanol–water partition coefficient (Wildman–Crippen LogP) is 3.59. The number of nitrogens with two attached hydrogens (primary N) is 1. The van der Waals surface area contributed by atoms with Gasteiger partial charge in [-0.3, -0.25) is 0 Å². The smallest absolute Gasteiger partial charge is 0.124 e. The lowest BCUT2D eigenvalue weighted by atomic mass is 10.1. The predicted molar refractivity (Wildman–Crippen MR) is 71.3 cm³/mol. The van der Waals surface area contributed by atoms with Crippen LogP contribution < -0.4 is 5.73 Å². The zero-order valence-corrected chi connectivity index (χ0v) is 9.97. The number of fused-ring (bicyclic) bond motifs is 3. The van der Waals surface area contributed by atoms with Crippen molar-refractivity contribution in [2.24, 2.45) is 3.15 Å². The van der Waals surface area contributed by atoms with E-state index in [1.807, 2.05) is 12.1 Å². The van der Waals surface area contributed by atoms with E-state index in [4.69, 9.17) is 5.73 Å². The molecule has 0 aliphatic carbocycles. The highest BCUT2D eigenvalue weighted by atomic mass is 127. The monoisotopic (exact) mass is 309 g/mol. The molecule has 1 aromatic heterocycles. The molecular weight excluding hydrogens is 301 g/mol. The number of nitrogen functional groups attached to an aromatic ring is 1. The minimum Gasteiger partial charge on any atom is -0.384 e. The number of anilines is 1. The maximum absolute atomic E-state index is 5.70. The average molecular weight is 309 g/mol. The summed E-state index contributed by atoms with van der Waals surface area (Å²) in [5.41, 5.74) is 8.78. The van der Waals surface area contributed by atoms with E-state index in [0.717, 1.165) is 22.2 Å². The van der Waals surface area contributed by atoms with E-state index < -0.39 is 0 Å². The lowest BCUT2D eigenvalue weighted by Gasteiger charge is -2.07. The summed E-state index contributed by atoms with van der Waals surface area (Å²) in [6.07, 6.45) is 2.12. The van der Waals surface area contributed by atoms with Crippen LogP contribution in [0.5, 0.6) is 0 Å². The molecule has 4 heteroatoms. The van der Waals surface area contributed by atoms with Gasteiger partial charge in [-0.25, -0.2) is 8.13 Å². The van der Waals surface area contributed by atoms with E-state index >= 15 is 0 Å². The van der Waals surface area contributed by atoms with E-state index in [1.165, 1.54) is 0 Å². The fraction of sp³-hybridized carbons (Fsp3) is 0. The summed E-state index contributed by atoms with van der Waals surface area (Å²) < 4.78 is 6.72. The summed E-state index contributed by atoms with van der Waals surface area (Å²) in [4.78, 5) is 4.36. The Morgan fingerprint density at radius 1 is 1.13 bits per heavy atom. The molecule has 2 aromatic rings. The average Bonchev–Trinajstić information content (AvgIpc) is 2.29. The van der Waals surface area contributed by atoms with Crippen molar-refractivity contribution in [3.05, 3.63) is 33.9 Å². The van der Waals surface area contributed by atoms with Crippen molar-refractivity contribution in [1.29, 1.82) is 0 Å². The number of hydrogen-bond acceptors (Lipinski definition) is 3. The third kappa shape index (κ3) is 1.45. The third-order valence-electron chi connectivity index (χ3n) is 2.32. The van der Waals surface area contributed by atoms with E-state index in [0.29, 0.717) is 5.82 Å². The molecule has 0 saturated carbocycles. The highest BCUT2D eigenvalue weighted by Gasteiger charge is 2.08. The molecule has 0 atom stereocenters. The van der Waals surface area contributed by atoms with E-state index in [9.17, 15) is 0 Å². The van der Waals surface area contributed by atoms with E-state index in [2.05, 4.69) is 30.4 Å². The van der Waals surface area contributed by atoms with Crippen LogP contribution in [0, 0.1) is 0 Å². The Labute approximate surface area is 97.2 Å². The molecule has 0 radical (unpaired) electrons. The first-order valence-corrected chi connectivity index (χ1v) is 6.75. The molecule has 0 unspecified atom stereocenters. The molecule has 74 valence electrons. The van der Waals surface area contributed by atoms with Gasteiger partial charge in [-0.15, -0.1) is 0 Å². The number of benzene rings is 1. The van der Waals surface area contributed by atoms with Gasteiger partial charge >= 0.3 is 0 Å². The Balaban J connectivity index is 2.45. The van der Waals surface area contributed by atoms with Gasteiger partial charge in [0.05, 0.1) is 5.52 Å². The maximum Gasteiger partial charge on any atom is 0.124 e.